The van der Waals surface area contributed by atoms with Crippen LogP contribution in [0.4, 0.5) is 4.79 Å². The molecule has 0 spiro atoms. The number of hydrogen-bond donors (Lipinski definition) is 4. The average molecular weight is 595 g/mol. The molecule has 0 aromatic heterocycles. The van der Waals surface area contributed by atoms with E-state index >= 15 is 0 Å². The second kappa shape index (κ2) is 16.0. The SMILES string of the molecule is CC(C)C(=O)[C@H](CCCNC(N)=O)NC(=O)[C@@H](NC(=O)CCCCC(=O)C(C)(C)C)C(C)CI. The second-order valence-corrected chi connectivity index (χ2v) is 11.0. The van der Waals surface area contributed by atoms with Crippen molar-refractivity contribution in [1.82, 2.24) is 16.0 Å². The highest BCUT2D eigenvalue weighted by atomic mass is 127. The molecule has 0 saturated heterocycles. The molecule has 0 aliphatic carbocycles. The molecule has 0 saturated carbocycles. The van der Waals surface area contributed by atoms with Crippen LogP contribution >= 0.6 is 22.6 Å². The fourth-order valence-electron chi connectivity index (χ4n) is 3.21. The number of halogens is 1. The summed E-state index contributed by atoms with van der Waals surface area (Å²) in [6.07, 6.45) is 2.65. The number of urea groups is 1. The monoisotopic (exact) mass is 594 g/mol. The molecule has 0 heterocycles. The predicted molar refractivity (Wildman–Crippen MR) is 142 cm³/mol. The van der Waals surface area contributed by atoms with Crippen LogP contribution in [-0.4, -0.2) is 52.5 Å². The first-order valence-electron chi connectivity index (χ1n) is 12.0. The molecule has 0 fully saturated rings. The highest BCUT2D eigenvalue weighted by molar-refractivity contribution is 14.1. The number of amides is 4. The number of hydrogen-bond acceptors (Lipinski definition) is 5. The first-order valence-corrected chi connectivity index (χ1v) is 13.5. The van der Waals surface area contributed by atoms with Gasteiger partial charge in [0.25, 0.3) is 0 Å². The van der Waals surface area contributed by atoms with Gasteiger partial charge in [0.2, 0.25) is 11.8 Å². The van der Waals surface area contributed by atoms with Crippen molar-refractivity contribution in [2.24, 2.45) is 23.0 Å². The molecular weight excluding hydrogens is 551 g/mol. The molecule has 196 valence electrons. The van der Waals surface area contributed by atoms with Crippen LogP contribution in [0.1, 0.15) is 80.1 Å². The van der Waals surface area contributed by atoms with E-state index in [-0.39, 0.29) is 41.1 Å². The summed E-state index contributed by atoms with van der Waals surface area (Å²) in [4.78, 5) is 61.1. The fourth-order valence-corrected chi connectivity index (χ4v) is 3.72. The first kappa shape index (κ1) is 32.3. The van der Waals surface area contributed by atoms with E-state index in [4.69, 9.17) is 5.73 Å². The molecule has 0 rings (SSSR count). The summed E-state index contributed by atoms with van der Waals surface area (Å²) in [5.41, 5.74) is 4.68. The number of carbonyl (C=O) groups is 5. The highest BCUT2D eigenvalue weighted by Crippen LogP contribution is 2.18. The van der Waals surface area contributed by atoms with E-state index in [0.29, 0.717) is 43.1 Å². The molecule has 0 radical (unpaired) electrons. The molecule has 0 aliphatic heterocycles. The zero-order valence-corrected chi connectivity index (χ0v) is 23.6. The summed E-state index contributed by atoms with van der Waals surface area (Å²) in [6, 6.07) is -2.13. The van der Waals surface area contributed by atoms with Crippen LogP contribution < -0.4 is 21.7 Å². The number of nitrogens with two attached hydrogens (primary N) is 1. The largest absolute Gasteiger partial charge is 0.352 e. The van der Waals surface area contributed by atoms with Crippen molar-refractivity contribution in [2.75, 3.05) is 11.0 Å². The number of alkyl halides is 1. The third-order valence-electron chi connectivity index (χ3n) is 5.50. The smallest absolute Gasteiger partial charge is 0.312 e. The van der Waals surface area contributed by atoms with E-state index < -0.39 is 24.0 Å². The van der Waals surface area contributed by atoms with Crippen LogP contribution in [0.2, 0.25) is 0 Å². The fraction of sp³-hybridized carbons (Fsp3) is 0.792. The van der Waals surface area contributed by atoms with Crippen molar-refractivity contribution in [3.63, 3.8) is 0 Å². The van der Waals surface area contributed by atoms with E-state index in [0.717, 1.165) is 0 Å². The summed E-state index contributed by atoms with van der Waals surface area (Å²) in [7, 11) is 0. The van der Waals surface area contributed by atoms with Gasteiger partial charge in [0, 0.05) is 35.1 Å². The van der Waals surface area contributed by atoms with Crippen molar-refractivity contribution in [3.05, 3.63) is 0 Å². The van der Waals surface area contributed by atoms with E-state index in [2.05, 4.69) is 38.5 Å². The Morgan fingerprint density at radius 1 is 0.912 bits per heavy atom. The number of unbranched alkanes of at least 4 members (excludes halogenated alkanes) is 1. The normalized spacial score (nSPS) is 14.1. The first-order chi connectivity index (χ1) is 15.7. The lowest BCUT2D eigenvalue weighted by Gasteiger charge is -2.27. The molecule has 1 unspecified atom stereocenters. The van der Waals surface area contributed by atoms with Crippen molar-refractivity contribution in [3.8, 4) is 0 Å². The summed E-state index contributed by atoms with van der Waals surface area (Å²) < 4.78 is 0.640. The Morgan fingerprint density at radius 2 is 1.50 bits per heavy atom. The third kappa shape index (κ3) is 13.2. The summed E-state index contributed by atoms with van der Waals surface area (Å²) in [6.45, 7) is 11.3. The van der Waals surface area contributed by atoms with E-state index in [1.807, 2.05) is 27.7 Å². The van der Waals surface area contributed by atoms with Gasteiger partial charge in [0.15, 0.2) is 5.78 Å². The van der Waals surface area contributed by atoms with Gasteiger partial charge in [-0.15, -0.1) is 0 Å². The topological polar surface area (TPSA) is 147 Å². The van der Waals surface area contributed by atoms with Gasteiger partial charge in [0.05, 0.1) is 6.04 Å². The molecule has 9 nitrogen and oxygen atoms in total. The Bertz CT molecular complexity index is 706. The Balaban J connectivity index is 5.01. The van der Waals surface area contributed by atoms with E-state index in [9.17, 15) is 24.0 Å². The quantitative estimate of drug-likeness (QED) is 0.123. The molecular formula is C24H43IN4O5. The highest BCUT2D eigenvalue weighted by Gasteiger charge is 2.30. The van der Waals surface area contributed by atoms with Gasteiger partial charge in [-0.3, -0.25) is 19.2 Å². The van der Waals surface area contributed by atoms with Crippen molar-refractivity contribution in [1.29, 1.82) is 0 Å². The Kier molecular flexibility index (Phi) is 15.2. The second-order valence-electron chi connectivity index (χ2n) is 10.1. The zero-order valence-electron chi connectivity index (χ0n) is 21.5. The van der Waals surface area contributed by atoms with Gasteiger partial charge in [-0.05, 0) is 31.6 Å². The maximum atomic E-state index is 13.1. The van der Waals surface area contributed by atoms with Crippen LogP contribution in [0.3, 0.4) is 0 Å². The summed E-state index contributed by atoms with van der Waals surface area (Å²) >= 11 is 2.16. The number of carbonyl (C=O) groups excluding carboxylic acids is 5. The molecule has 0 aliphatic rings. The molecule has 3 atom stereocenters. The number of ketones is 2. The van der Waals surface area contributed by atoms with Gasteiger partial charge >= 0.3 is 6.03 Å². The van der Waals surface area contributed by atoms with Gasteiger partial charge in [-0.25, -0.2) is 4.79 Å². The van der Waals surface area contributed by atoms with Crippen LogP contribution in [0.5, 0.6) is 0 Å². The minimum Gasteiger partial charge on any atom is -0.352 e. The van der Waals surface area contributed by atoms with Crippen molar-refractivity contribution < 1.29 is 24.0 Å². The van der Waals surface area contributed by atoms with Crippen LogP contribution in [-0.2, 0) is 19.2 Å². The van der Waals surface area contributed by atoms with Crippen LogP contribution in [0.15, 0.2) is 0 Å². The minimum atomic E-state index is -0.771. The van der Waals surface area contributed by atoms with Crippen molar-refractivity contribution in [2.45, 2.75) is 92.2 Å². The Morgan fingerprint density at radius 3 is 2.00 bits per heavy atom. The van der Waals surface area contributed by atoms with Gasteiger partial charge in [-0.2, -0.15) is 0 Å². The molecule has 34 heavy (non-hydrogen) atoms. The molecule has 10 heteroatoms. The minimum absolute atomic E-state index is 0.108. The molecule has 4 amide bonds. The van der Waals surface area contributed by atoms with Crippen LogP contribution in [0, 0.1) is 17.3 Å². The van der Waals surface area contributed by atoms with E-state index in [1.165, 1.54) is 0 Å². The molecule has 0 aromatic carbocycles. The molecule has 5 N–H and O–H groups in total. The Hall–Kier alpha value is -1.72. The lowest BCUT2D eigenvalue weighted by atomic mass is 9.88. The van der Waals surface area contributed by atoms with Gasteiger partial charge in [0.1, 0.15) is 11.8 Å². The number of Topliss-reactive ketones (excluding diaryl/α,β-unsaturated/α-hetero) is 2. The zero-order chi connectivity index (χ0) is 26.5. The molecule has 0 aromatic rings. The summed E-state index contributed by atoms with van der Waals surface area (Å²) in [5, 5.41) is 8.10. The predicted octanol–water partition coefficient (Wildman–Crippen LogP) is 2.88. The average Bonchev–Trinajstić information content (AvgIpc) is 2.74. The standard InChI is InChI=1S/C24H43IN4O5/c1-15(2)21(32)17(10-9-13-27-23(26)34)28-22(33)20(16(3)14-25)29-19(31)12-8-7-11-18(30)24(4,5)6/h15-17,20H,7-14H2,1-6H3,(H,28,33)(H,29,31)(H3,26,27,34)/t16?,17-,20-/m0/s1. The number of rotatable bonds is 16. The molecule has 0 bridgehead atoms. The summed E-state index contributed by atoms with van der Waals surface area (Å²) in [5.74, 6) is -1.02. The lowest BCUT2D eigenvalue weighted by molar-refractivity contribution is -0.133. The lowest BCUT2D eigenvalue weighted by Crippen LogP contribution is -2.55. The van der Waals surface area contributed by atoms with Crippen molar-refractivity contribution >= 4 is 52.0 Å². The third-order valence-corrected chi connectivity index (χ3v) is 6.89. The Labute approximate surface area is 217 Å². The maximum Gasteiger partial charge on any atom is 0.312 e. The van der Waals surface area contributed by atoms with Gasteiger partial charge < -0.3 is 21.7 Å². The van der Waals surface area contributed by atoms with E-state index in [1.54, 1.807) is 13.8 Å². The van der Waals surface area contributed by atoms with Gasteiger partial charge in [-0.1, -0.05) is 64.1 Å². The number of nitrogens with one attached hydrogen (secondary N) is 3. The number of primary amides is 1. The van der Waals surface area contributed by atoms with Crippen LogP contribution in [0.25, 0.3) is 0 Å². The maximum absolute atomic E-state index is 13.1.